The number of halogens is 1. The van der Waals surface area contributed by atoms with Crippen LogP contribution < -0.4 is 10.1 Å². The van der Waals surface area contributed by atoms with Crippen molar-refractivity contribution in [3.8, 4) is 5.75 Å². The first-order chi connectivity index (χ1) is 11.5. The highest BCUT2D eigenvalue weighted by molar-refractivity contribution is 6.30. The van der Waals surface area contributed by atoms with Crippen LogP contribution >= 0.6 is 11.6 Å². The standard InChI is InChI=1S/C18H23ClN2O3/c1-21-15-3-2-9-18(15,10-8-17(21)23)12-20-16(22)11-24-14-6-4-13(19)5-7-14/h4-7,15H,2-3,8-12H2,1H3,(H,20,22). The van der Waals surface area contributed by atoms with E-state index in [0.717, 1.165) is 25.7 Å². The molecule has 0 aromatic heterocycles. The molecule has 5 nitrogen and oxygen atoms in total. The van der Waals surface area contributed by atoms with Crippen LogP contribution in [0.15, 0.2) is 24.3 Å². The Hall–Kier alpha value is -1.75. The number of ether oxygens (including phenoxy) is 1. The quantitative estimate of drug-likeness (QED) is 0.888. The van der Waals surface area contributed by atoms with Gasteiger partial charge in [-0.2, -0.15) is 0 Å². The fourth-order valence-corrected chi connectivity index (χ4v) is 4.15. The summed E-state index contributed by atoms with van der Waals surface area (Å²) in [6.45, 7) is 0.593. The average molecular weight is 351 g/mol. The second-order valence-electron chi connectivity index (χ2n) is 6.79. The molecule has 0 bridgehead atoms. The Bertz CT molecular complexity index is 619. The van der Waals surface area contributed by atoms with Gasteiger partial charge in [0, 0.05) is 36.5 Å². The smallest absolute Gasteiger partial charge is 0.257 e. The predicted octanol–water partition coefficient (Wildman–Crippen LogP) is 2.63. The molecule has 1 aromatic carbocycles. The molecular formula is C18H23ClN2O3. The van der Waals surface area contributed by atoms with Gasteiger partial charge in [-0.1, -0.05) is 18.0 Å². The van der Waals surface area contributed by atoms with Crippen molar-refractivity contribution in [2.75, 3.05) is 20.2 Å². The average Bonchev–Trinajstić information content (AvgIpc) is 3.01. The van der Waals surface area contributed by atoms with Gasteiger partial charge in [-0.25, -0.2) is 0 Å². The molecule has 2 aliphatic rings. The summed E-state index contributed by atoms with van der Waals surface area (Å²) >= 11 is 5.82. The molecule has 2 unspecified atom stereocenters. The van der Waals surface area contributed by atoms with Gasteiger partial charge in [-0.3, -0.25) is 9.59 Å². The molecule has 0 spiro atoms. The highest BCUT2D eigenvalue weighted by Gasteiger charge is 2.49. The Morgan fingerprint density at radius 2 is 2.12 bits per heavy atom. The molecule has 2 amide bonds. The van der Waals surface area contributed by atoms with Crippen LogP contribution in [0.3, 0.4) is 0 Å². The number of benzene rings is 1. The third-order valence-corrected chi connectivity index (χ3v) is 5.63. The molecule has 0 radical (unpaired) electrons. The van der Waals surface area contributed by atoms with E-state index in [2.05, 4.69) is 5.32 Å². The van der Waals surface area contributed by atoms with Crippen LogP contribution in [0.1, 0.15) is 32.1 Å². The molecule has 1 saturated carbocycles. The Balaban J connectivity index is 1.52. The number of nitrogens with one attached hydrogen (secondary N) is 1. The maximum absolute atomic E-state index is 12.1. The molecule has 3 rings (SSSR count). The normalized spacial score (nSPS) is 26.2. The number of rotatable bonds is 5. The monoisotopic (exact) mass is 350 g/mol. The molecule has 1 aliphatic heterocycles. The van der Waals surface area contributed by atoms with E-state index in [-0.39, 0.29) is 29.9 Å². The van der Waals surface area contributed by atoms with Crippen molar-refractivity contribution >= 4 is 23.4 Å². The highest BCUT2D eigenvalue weighted by Crippen LogP contribution is 2.47. The third kappa shape index (κ3) is 3.51. The molecule has 130 valence electrons. The summed E-state index contributed by atoms with van der Waals surface area (Å²) in [5.74, 6) is 0.703. The molecule has 6 heteroatoms. The number of nitrogens with zero attached hydrogens (tertiary/aromatic N) is 1. The number of fused-ring (bicyclic) bond motifs is 1. The SMILES string of the molecule is CN1C(=O)CCC2(CNC(=O)COc3ccc(Cl)cc3)CCCC12. The summed E-state index contributed by atoms with van der Waals surface area (Å²) in [5.41, 5.74) is 0.0264. The number of carbonyl (C=O) groups is 2. The van der Waals surface area contributed by atoms with Gasteiger partial charge in [0.05, 0.1) is 0 Å². The van der Waals surface area contributed by atoms with Crippen molar-refractivity contribution in [3.05, 3.63) is 29.3 Å². The van der Waals surface area contributed by atoms with E-state index < -0.39 is 0 Å². The van der Waals surface area contributed by atoms with Crippen LogP contribution in [0.5, 0.6) is 5.75 Å². The minimum Gasteiger partial charge on any atom is -0.484 e. The van der Waals surface area contributed by atoms with Crippen molar-refractivity contribution in [1.82, 2.24) is 10.2 Å². The first-order valence-electron chi connectivity index (χ1n) is 8.41. The zero-order valence-electron chi connectivity index (χ0n) is 13.9. The lowest BCUT2D eigenvalue weighted by atomic mass is 9.74. The van der Waals surface area contributed by atoms with Crippen LogP contribution in [-0.2, 0) is 9.59 Å². The van der Waals surface area contributed by atoms with Crippen LogP contribution in [0.4, 0.5) is 0 Å². The van der Waals surface area contributed by atoms with Gasteiger partial charge in [-0.15, -0.1) is 0 Å². The third-order valence-electron chi connectivity index (χ3n) is 5.38. The van der Waals surface area contributed by atoms with E-state index in [0.29, 0.717) is 23.7 Å². The lowest BCUT2D eigenvalue weighted by Gasteiger charge is -2.44. The van der Waals surface area contributed by atoms with Crippen molar-refractivity contribution in [2.24, 2.45) is 5.41 Å². The summed E-state index contributed by atoms with van der Waals surface area (Å²) in [7, 11) is 1.89. The van der Waals surface area contributed by atoms with Gasteiger partial charge in [0.15, 0.2) is 6.61 Å². The number of hydrogen-bond acceptors (Lipinski definition) is 3. The second kappa shape index (κ2) is 7.01. The number of carbonyl (C=O) groups excluding carboxylic acids is 2. The van der Waals surface area contributed by atoms with Crippen LogP contribution in [0, 0.1) is 5.41 Å². The summed E-state index contributed by atoms with van der Waals surface area (Å²) in [4.78, 5) is 25.9. The summed E-state index contributed by atoms with van der Waals surface area (Å²) in [6.07, 6.45) is 4.63. The molecule has 2 atom stereocenters. The fourth-order valence-electron chi connectivity index (χ4n) is 4.02. The molecule has 2 fully saturated rings. The maximum atomic E-state index is 12.1. The fraction of sp³-hybridized carbons (Fsp3) is 0.556. The lowest BCUT2D eigenvalue weighted by molar-refractivity contribution is -0.139. The topological polar surface area (TPSA) is 58.6 Å². The summed E-state index contributed by atoms with van der Waals surface area (Å²) in [6, 6.07) is 7.18. The molecule has 1 heterocycles. The lowest BCUT2D eigenvalue weighted by Crippen LogP contribution is -2.54. The molecule has 24 heavy (non-hydrogen) atoms. The van der Waals surface area contributed by atoms with E-state index >= 15 is 0 Å². The maximum Gasteiger partial charge on any atom is 0.257 e. The Morgan fingerprint density at radius 3 is 2.88 bits per heavy atom. The number of likely N-dealkylation sites (tertiary alicyclic amines) is 1. The molecule has 1 aromatic rings. The summed E-state index contributed by atoms with van der Waals surface area (Å²) in [5, 5.41) is 3.64. The Kier molecular flexibility index (Phi) is 4.99. The van der Waals surface area contributed by atoms with E-state index in [1.807, 2.05) is 11.9 Å². The molecule has 1 saturated heterocycles. The van der Waals surface area contributed by atoms with Gasteiger partial charge < -0.3 is 15.0 Å². The van der Waals surface area contributed by atoms with Crippen molar-refractivity contribution < 1.29 is 14.3 Å². The number of amides is 2. The van der Waals surface area contributed by atoms with Crippen LogP contribution in [-0.4, -0.2) is 43.0 Å². The first kappa shape index (κ1) is 17.1. The molecule has 1 aliphatic carbocycles. The first-order valence-corrected chi connectivity index (χ1v) is 8.79. The predicted molar refractivity (Wildman–Crippen MR) is 92.0 cm³/mol. The van der Waals surface area contributed by atoms with E-state index in [4.69, 9.17) is 16.3 Å². The largest absolute Gasteiger partial charge is 0.484 e. The van der Waals surface area contributed by atoms with Gasteiger partial charge in [0.1, 0.15) is 5.75 Å². The van der Waals surface area contributed by atoms with Gasteiger partial charge in [-0.05, 0) is 43.5 Å². The Labute approximate surface area is 147 Å². The van der Waals surface area contributed by atoms with E-state index in [9.17, 15) is 9.59 Å². The zero-order chi connectivity index (χ0) is 17.2. The minimum absolute atomic E-state index is 0.0167. The van der Waals surface area contributed by atoms with Crippen molar-refractivity contribution in [3.63, 3.8) is 0 Å². The number of piperidine rings is 1. The van der Waals surface area contributed by atoms with E-state index in [1.54, 1.807) is 24.3 Å². The van der Waals surface area contributed by atoms with Crippen molar-refractivity contribution in [1.29, 1.82) is 0 Å². The van der Waals surface area contributed by atoms with E-state index in [1.165, 1.54) is 0 Å². The highest BCUT2D eigenvalue weighted by atomic mass is 35.5. The Morgan fingerprint density at radius 1 is 1.38 bits per heavy atom. The number of hydrogen-bond donors (Lipinski definition) is 1. The van der Waals surface area contributed by atoms with Crippen LogP contribution in [0.25, 0.3) is 0 Å². The van der Waals surface area contributed by atoms with Gasteiger partial charge in [0.2, 0.25) is 5.91 Å². The summed E-state index contributed by atoms with van der Waals surface area (Å²) < 4.78 is 5.47. The molecule has 1 N–H and O–H groups in total. The molecular weight excluding hydrogens is 328 g/mol. The second-order valence-corrected chi connectivity index (χ2v) is 7.23. The van der Waals surface area contributed by atoms with Gasteiger partial charge in [0.25, 0.3) is 5.91 Å². The minimum atomic E-state index is -0.135. The van der Waals surface area contributed by atoms with Crippen LogP contribution in [0.2, 0.25) is 5.02 Å². The zero-order valence-corrected chi connectivity index (χ0v) is 14.6. The van der Waals surface area contributed by atoms with Gasteiger partial charge >= 0.3 is 0 Å². The van der Waals surface area contributed by atoms with Crippen molar-refractivity contribution in [2.45, 2.75) is 38.1 Å².